The molecular formula is C25H33ClN2O3. The zero-order valence-corrected chi connectivity index (χ0v) is 20.0. The molecule has 6 heteroatoms. The number of rotatable bonds is 9. The molecule has 0 unspecified atom stereocenters. The van der Waals surface area contributed by atoms with Crippen LogP contribution in [0.15, 0.2) is 36.4 Å². The SMILES string of the molecule is CC[C@@H](C)NC(=O)[C@@H](C)N(Cc1cccc(Cl)c1)C(=O)COc1cc(C)cc(C)c1C. The van der Waals surface area contributed by atoms with Gasteiger partial charge in [-0.15, -0.1) is 0 Å². The standard InChI is InChI=1S/C25H33ClN2O3/c1-7-18(4)27-25(30)20(6)28(14-21-9-8-10-22(26)13-21)24(29)15-31-23-12-16(2)11-17(3)19(23)5/h8-13,18,20H,7,14-15H2,1-6H3,(H,27,30)/t18-,20-/m1/s1. The Morgan fingerprint density at radius 2 is 1.84 bits per heavy atom. The second-order valence-corrected chi connectivity index (χ2v) is 8.58. The number of benzene rings is 2. The highest BCUT2D eigenvalue weighted by Crippen LogP contribution is 2.23. The number of nitrogens with zero attached hydrogens (tertiary/aromatic N) is 1. The maximum Gasteiger partial charge on any atom is 0.261 e. The van der Waals surface area contributed by atoms with Crippen molar-refractivity contribution in [3.05, 3.63) is 63.7 Å². The van der Waals surface area contributed by atoms with Crippen molar-refractivity contribution in [3.63, 3.8) is 0 Å². The molecule has 168 valence electrons. The Labute approximate surface area is 190 Å². The fourth-order valence-electron chi connectivity index (χ4n) is 3.25. The summed E-state index contributed by atoms with van der Waals surface area (Å²) in [4.78, 5) is 27.5. The van der Waals surface area contributed by atoms with Gasteiger partial charge < -0.3 is 15.0 Å². The van der Waals surface area contributed by atoms with Crippen LogP contribution >= 0.6 is 11.6 Å². The minimum atomic E-state index is -0.649. The highest BCUT2D eigenvalue weighted by Gasteiger charge is 2.27. The largest absolute Gasteiger partial charge is 0.483 e. The van der Waals surface area contributed by atoms with Gasteiger partial charge in [-0.2, -0.15) is 0 Å². The molecule has 0 aromatic heterocycles. The lowest BCUT2D eigenvalue weighted by Crippen LogP contribution is -2.50. The summed E-state index contributed by atoms with van der Waals surface area (Å²) in [5.41, 5.74) is 4.04. The van der Waals surface area contributed by atoms with Crippen LogP contribution < -0.4 is 10.1 Å². The van der Waals surface area contributed by atoms with Gasteiger partial charge in [-0.1, -0.05) is 36.7 Å². The average molecular weight is 445 g/mol. The van der Waals surface area contributed by atoms with Crippen molar-refractivity contribution in [2.24, 2.45) is 0 Å². The van der Waals surface area contributed by atoms with Crippen LogP contribution in [0, 0.1) is 20.8 Å². The third kappa shape index (κ3) is 7.00. The normalized spacial score (nSPS) is 12.7. The van der Waals surface area contributed by atoms with E-state index in [0.717, 1.165) is 28.7 Å². The number of halogens is 1. The van der Waals surface area contributed by atoms with E-state index in [1.807, 2.05) is 52.8 Å². The van der Waals surface area contributed by atoms with Crippen LogP contribution in [0.2, 0.25) is 5.02 Å². The summed E-state index contributed by atoms with van der Waals surface area (Å²) in [6.45, 7) is 11.8. The fraction of sp³-hybridized carbons (Fsp3) is 0.440. The summed E-state index contributed by atoms with van der Waals surface area (Å²) >= 11 is 6.12. The molecule has 0 saturated heterocycles. The summed E-state index contributed by atoms with van der Waals surface area (Å²) in [6, 6.07) is 10.7. The van der Waals surface area contributed by atoms with Crippen molar-refractivity contribution < 1.29 is 14.3 Å². The Morgan fingerprint density at radius 1 is 1.13 bits per heavy atom. The van der Waals surface area contributed by atoms with Gasteiger partial charge in [0.2, 0.25) is 5.91 Å². The van der Waals surface area contributed by atoms with Gasteiger partial charge >= 0.3 is 0 Å². The van der Waals surface area contributed by atoms with Crippen molar-refractivity contribution in [2.45, 2.75) is 66.6 Å². The third-order valence-corrected chi connectivity index (χ3v) is 5.76. The van der Waals surface area contributed by atoms with Gasteiger partial charge in [0, 0.05) is 17.6 Å². The lowest BCUT2D eigenvalue weighted by Gasteiger charge is -2.29. The molecule has 31 heavy (non-hydrogen) atoms. The first-order chi connectivity index (χ1) is 14.6. The van der Waals surface area contributed by atoms with Crippen LogP contribution in [0.1, 0.15) is 49.4 Å². The van der Waals surface area contributed by atoms with E-state index in [2.05, 4.69) is 11.4 Å². The number of nitrogens with one attached hydrogen (secondary N) is 1. The van der Waals surface area contributed by atoms with Crippen molar-refractivity contribution in [1.29, 1.82) is 0 Å². The van der Waals surface area contributed by atoms with Crippen LogP contribution in [0.5, 0.6) is 5.75 Å². The maximum atomic E-state index is 13.2. The minimum Gasteiger partial charge on any atom is -0.483 e. The predicted octanol–water partition coefficient (Wildman–Crippen LogP) is 4.98. The van der Waals surface area contributed by atoms with E-state index in [1.165, 1.54) is 0 Å². The number of amides is 2. The molecule has 0 aliphatic rings. The Bertz CT molecular complexity index is 929. The highest BCUT2D eigenvalue weighted by molar-refractivity contribution is 6.30. The first-order valence-corrected chi connectivity index (χ1v) is 11.0. The van der Waals surface area contributed by atoms with Crippen LogP contribution in [0.25, 0.3) is 0 Å². The van der Waals surface area contributed by atoms with E-state index in [0.29, 0.717) is 10.8 Å². The summed E-state index contributed by atoms with van der Waals surface area (Å²) in [5, 5.41) is 3.55. The maximum absolute atomic E-state index is 13.2. The summed E-state index contributed by atoms with van der Waals surface area (Å²) in [5.74, 6) is 0.239. The number of carbonyl (C=O) groups excluding carboxylic acids is 2. The van der Waals surface area contributed by atoms with Gasteiger partial charge in [-0.05, 0) is 81.5 Å². The molecule has 2 aromatic carbocycles. The van der Waals surface area contributed by atoms with E-state index in [4.69, 9.17) is 16.3 Å². The number of ether oxygens (including phenoxy) is 1. The van der Waals surface area contributed by atoms with E-state index >= 15 is 0 Å². The van der Waals surface area contributed by atoms with Crippen LogP contribution in [-0.4, -0.2) is 35.4 Å². The van der Waals surface area contributed by atoms with Gasteiger partial charge in [0.15, 0.2) is 6.61 Å². The first kappa shape index (κ1) is 24.7. The molecule has 0 heterocycles. The van der Waals surface area contributed by atoms with Crippen molar-refractivity contribution in [1.82, 2.24) is 10.2 Å². The molecule has 2 atom stereocenters. The van der Waals surface area contributed by atoms with E-state index < -0.39 is 6.04 Å². The van der Waals surface area contributed by atoms with Crippen LogP contribution in [0.4, 0.5) is 0 Å². The number of hydrogen-bond donors (Lipinski definition) is 1. The Morgan fingerprint density at radius 3 is 2.48 bits per heavy atom. The van der Waals surface area contributed by atoms with E-state index in [-0.39, 0.29) is 31.0 Å². The molecule has 0 aliphatic heterocycles. The van der Waals surface area contributed by atoms with Crippen molar-refractivity contribution in [2.75, 3.05) is 6.61 Å². The minimum absolute atomic E-state index is 0.0345. The van der Waals surface area contributed by atoms with Crippen molar-refractivity contribution in [3.8, 4) is 5.75 Å². The van der Waals surface area contributed by atoms with Crippen LogP contribution in [-0.2, 0) is 16.1 Å². The molecule has 0 fully saturated rings. The molecule has 0 spiro atoms. The molecule has 2 amide bonds. The lowest BCUT2D eigenvalue weighted by molar-refractivity contribution is -0.142. The highest BCUT2D eigenvalue weighted by atomic mass is 35.5. The summed E-state index contributed by atoms with van der Waals surface area (Å²) < 4.78 is 5.89. The topological polar surface area (TPSA) is 58.6 Å². The lowest BCUT2D eigenvalue weighted by atomic mass is 10.1. The molecule has 5 nitrogen and oxygen atoms in total. The first-order valence-electron chi connectivity index (χ1n) is 10.7. The zero-order valence-electron chi connectivity index (χ0n) is 19.3. The molecule has 0 bridgehead atoms. The molecule has 0 saturated carbocycles. The molecule has 0 radical (unpaired) electrons. The number of aryl methyl sites for hydroxylation is 2. The van der Waals surface area contributed by atoms with Gasteiger partial charge in [-0.25, -0.2) is 0 Å². The number of carbonyl (C=O) groups is 2. The molecule has 0 aliphatic carbocycles. The molecule has 2 rings (SSSR count). The Balaban J connectivity index is 2.22. The summed E-state index contributed by atoms with van der Waals surface area (Å²) in [6.07, 6.45) is 0.815. The van der Waals surface area contributed by atoms with Crippen molar-refractivity contribution >= 4 is 23.4 Å². The summed E-state index contributed by atoms with van der Waals surface area (Å²) in [7, 11) is 0. The second-order valence-electron chi connectivity index (χ2n) is 8.14. The zero-order chi connectivity index (χ0) is 23.1. The predicted molar refractivity (Wildman–Crippen MR) is 126 cm³/mol. The number of hydrogen-bond acceptors (Lipinski definition) is 3. The average Bonchev–Trinajstić information content (AvgIpc) is 2.72. The van der Waals surface area contributed by atoms with Gasteiger partial charge in [0.1, 0.15) is 11.8 Å². The quantitative estimate of drug-likeness (QED) is 0.593. The third-order valence-electron chi connectivity index (χ3n) is 5.53. The molecular weight excluding hydrogens is 412 g/mol. The Hall–Kier alpha value is -2.53. The second kappa shape index (κ2) is 11.2. The monoisotopic (exact) mass is 444 g/mol. The molecule has 2 aromatic rings. The van der Waals surface area contributed by atoms with Gasteiger partial charge in [-0.3, -0.25) is 9.59 Å². The van der Waals surface area contributed by atoms with Gasteiger partial charge in [0.05, 0.1) is 0 Å². The van der Waals surface area contributed by atoms with Crippen LogP contribution in [0.3, 0.4) is 0 Å². The molecule has 1 N–H and O–H groups in total. The van der Waals surface area contributed by atoms with Gasteiger partial charge in [0.25, 0.3) is 5.91 Å². The smallest absolute Gasteiger partial charge is 0.261 e. The fourth-order valence-corrected chi connectivity index (χ4v) is 3.47. The Kier molecular flexibility index (Phi) is 8.93. The van der Waals surface area contributed by atoms with E-state index in [9.17, 15) is 9.59 Å². The van der Waals surface area contributed by atoms with E-state index in [1.54, 1.807) is 24.0 Å².